The SMILES string of the molecule is COc1cc(OC2C(C)(C)C(NC(=O)c3ccc(N4CC(C)(C)C(CN5CCC(N6N=C(N7CCCc8cc(-c9cnn(C)c9)c(C(F)F)cc87)C7CN(C(C)=O)CCC76)CC5)C(C)(C)C4)cc3)C2(C)C)ccc1C#N. The molecule has 6 heterocycles. The van der Waals surface area contributed by atoms with E-state index >= 15 is 0 Å². The predicted octanol–water partition coefficient (Wildman–Crippen LogP) is 9.79. The van der Waals surface area contributed by atoms with Crippen molar-refractivity contribution in [1.82, 2.24) is 29.9 Å². The number of alkyl halides is 2. The Bertz CT molecular complexity index is 2880. The van der Waals surface area contributed by atoms with Gasteiger partial charge in [0.05, 0.1) is 30.8 Å². The maximum Gasteiger partial charge on any atom is 0.264 e. The fourth-order valence-electron chi connectivity index (χ4n) is 15.0. The number of methoxy groups -OCH3 is 1. The van der Waals surface area contributed by atoms with Crippen molar-refractivity contribution in [3.63, 3.8) is 0 Å². The largest absolute Gasteiger partial charge is 0.495 e. The van der Waals surface area contributed by atoms with Crippen LogP contribution in [0.1, 0.15) is 121 Å². The number of aryl methyl sites for hydroxylation is 2. The minimum absolute atomic E-state index is 0.00272. The molecule has 406 valence electrons. The van der Waals surface area contributed by atoms with E-state index < -0.39 is 6.43 Å². The molecule has 6 aliphatic rings. The summed E-state index contributed by atoms with van der Waals surface area (Å²) < 4.78 is 43.4. The number of halogens is 2. The molecule has 10 rings (SSSR count). The van der Waals surface area contributed by atoms with Crippen LogP contribution < -0.4 is 24.6 Å². The van der Waals surface area contributed by atoms with Crippen LogP contribution in [0.5, 0.6) is 11.5 Å². The summed E-state index contributed by atoms with van der Waals surface area (Å²) in [5.41, 5.74) is 4.51. The number of carbonyl (C=O) groups is 2. The van der Waals surface area contributed by atoms with Crippen LogP contribution in [0.4, 0.5) is 20.2 Å². The summed E-state index contributed by atoms with van der Waals surface area (Å²) in [6, 6.07) is 19.4. The second-order valence-electron chi connectivity index (χ2n) is 25.3. The van der Waals surface area contributed by atoms with Gasteiger partial charge in [0, 0.05) is 130 Å². The van der Waals surface area contributed by atoms with Crippen LogP contribution in [-0.4, -0.2) is 126 Å². The quantitative estimate of drug-likeness (QED) is 0.155. The number of nitrogens with one attached hydrogen (secondary N) is 1. The fourth-order valence-corrected chi connectivity index (χ4v) is 15.0. The van der Waals surface area contributed by atoms with Crippen LogP contribution in [0.25, 0.3) is 11.1 Å². The van der Waals surface area contributed by atoms with Gasteiger partial charge in [-0.3, -0.25) is 19.3 Å². The monoisotopic (exact) mass is 1040 g/mol. The van der Waals surface area contributed by atoms with Crippen molar-refractivity contribution in [2.75, 3.05) is 69.3 Å². The lowest BCUT2D eigenvalue weighted by atomic mass is 9.49. The molecule has 5 aliphatic heterocycles. The van der Waals surface area contributed by atoms with E-state index in [-0.39, 0.29) is 69.2 Å². The number of anilines is 2. The molecule has 0 bridgehead atoms. The van der Waals surface area contributed by atoms with E-state index in [2.05, 4.69) is 104 Å². The first-order chi connectivity index (χ1) is 36.0. The maximum atomic E-state index is 14.9. The van der Waals surface area contributed by atoms with Gasteiger partial charge < -0.3 is 34.4 Å². The number of fused-ring (bicyclic) bond motifs is 2. The Morgan fingerprint density at radius 3 is 2.22 bits per heavy atom. The van der Waals surface area contributed by atoms with Crippen molar-refractivity contribution in [3.8, 4) is 28.7 Å². The van der Waals surface area contributed by atoms with Crippen LogP contribution in [-0.2, 0) is 18.3 Å². The summed E-state index contributed by atoms with van der Waals surface area (Å²) in [5, 5.41) is 25.0. The Balaban J connectivity index is 0.779. The number of piperidine rings is 3. The number of carbonyl (C=O) groups excluding carboxylic acids is 2. The van der Waals surface area contributed by atoms with Gasteiger partial charge in [0.15, 0.2) is 0 Å². The second kappa shape index (κ2) is 20.0. The molecular formula is C60H78F2N10O4. The molecule has 14 nitrogen and oxygen atoms in total. The lowest BCUT2D eigenvalue weighted by Crippen LogP contribution is -2.74. The van der Waals surface area contributed by atoms with Gasteiger partial charge in [-0.2, -0.15) is 15.5 Å². The highest BCUT2D eigenvalue weighted by Gasteiger charge is 2.64. The number of hydrogen-bond donors (Lipinski definition) is 1. The Hall–Kier alpha value is -6.21. The summed E-state index contributed by atoms with van der Waals surface area (Å²) >= 11 is 0. The molecule has 2 amide bonds. The lowest BCUT2D eigenvalue weighted by Gasteiger charge is -2.63. The third-order valence-corrected chi connectivity index (χ3v) is 18.4. The van der Waals surface area contributed by atoms with Crippen molar-refractivity contribution in [3.05, 3.63) is 89.2 Å². The van der Waals surface area contributed by atoms with Crippen LogP contribution in [0.3, 0.4) is 0 Å². The number of nitriles is 1. The lowest BCUT2D eigenvalue weighted by molar-refractivity contribution is -0.164. The van der Waals surface area contributed by atoms with Gasteiger partial charge in [-0.1, -0.05) is 55.4 Å². The number of rotatable bonds is 11. The number of hydrazone groups is 1. The van der Waals surface area contributed by atoms with Crippen molar-refractivity contribution in [2.24, 2.45) is 45.6 Å². The first-order valence-electron chi connectivity index (χ1n) is 27.5. The smallest absolute Gasteiger partial charge is 0.264 e. The Morgan fingerprint density at radius 1 is 0.908 bits per heavy atom. The van der Waals surface area contributed by atoms with Gasteiger partial charge >= 0.3 is 0 Å². The molecule has 3 saturated heterocycles. The Kier molecular flexibility index (Phi) is 14.0. The number of likely N-dealkylation sites (tertiary alicyclic amines) is 2. The van der Waals surface area contributed by atoms with Crippen LogP contribution in [0.15, 0.2) is 72.1 Å². The molecule has 1 saturated carbocycles. The van der Waals surface area contributed by atoms with E-state index in [1.165, 1.54) is 0 Å². The number of amidine groups is 1. The summed E-state index contributed by atoms with van der Waals surface area (Å²) in [5.74, 6) is 2.38. The zero-order chi connectivity index (χ0) is 54.2. The average molecular weight is 1040 g/mol. The van der Waals surface area contributed by atoms with E-state index in [0.29, 0.717) is 59.3 Å². The second-order valence-corrected chi connectivity index (χ2v) is 25.3. The summed E-state index contributed by atoms with van der Waals surface area (Å²) in [4.78, 5) is 36.0. The standard InChI is InChI=1S/C60H78F2N10O4/c1-37(73)69-26-22-48-47(33-69)53(71-23-12-13-39-27-45(41-31-64-67(10)32-41)46(52(61)62)29-49(39)71)66-72(48)43-20-24-68(25-21-43)34-51-57(2,3)35-70(36-58(51,4)5)42-17-14-38(15-18-42)54(74)65-55-59(6,7)56(60(55,8)9)76-44-19-16-40(30-63)50(28-44)75-11/h14-19,27-29,31-32,43,47-48,51-52,55-56H,12-13,20-26,33-36H2,1-11H3,(H,65,74). The number of benzene rings is 3. The van der Waals surface area contributed by atoms with E-state index in [1.807, 2.05) is 23.1 Å². The third kappa shape index (κ3) is 9.68. The third-order valence-electron chi connectivity index (χ3n) is 18.4. The van der Waals surface area contributed by atoms with Crippen LogP contribution in [0.2, 0.25) is 0 Å². The van der Waals surface area contributed by atoms with Crippen molar-refractivity contribution < 1.29 is 27.8 Å². The van der Waals surface area contributed by atoms with Gasteiger partial charge in [0.1, 0.15) is 29.5 Å². The average Bonchev–Trinajstić information content (AvgIpc) is 4.07. The van der Waals surface area contributed by atoms with Gasteiger partial charge in [0.2, 0.25) is 5.91 Å². The Morgan fingerprint density at radius 2 is 1.61 bits per heavy atom. The summed E-state index contributed by atoms with van der Waals surface area (Å²) in [7, 11) is 3.34. The Labute approximate surface area is 448 Å². The molecular weight excluding hydrogens is 963 g/mol. The number of nitrogens with zero attached hydrogens (tertiary/aromatic N) is 9. The minimum Gasteiger partial charge on any atom is -0.495 e. The number of aromatic nitrogens is 2. The topological polar surface area (TPSA) is 135 Å². The van der Waals surface area contributed by atoms with Gasteiger partial charge in [0.25, 0.3) is 12.3 Å². The molecule has 1 aliphatic carbocycles. The van der Waals surface area contributed by atoms with Gasteiger partial charge in [-0.15, -0.1) is 0 Å². The summed E-state index contributed by atoms with van der Waals surface area (Å²) in [6.45, 7) is 26.5. The number of ether oxygens (including phenoxy) is 2. The van der Waals surface area contributed by atoms with Crippen molar-refractivity contribution in [1.29, 1.82) is 5.26 Å². The zero-order valence-corrected chi connectivity index (χ0v) is 46.5. The highest BCUT2D eigenvalue weighted by Crippen LogP contribution is 2.56. The molecule has 2 atom stereocenters. The number of hydrogen-bond acceptors (Lipinski definition) is 11. The minimum atomic E-state index is -2.65. The molecule has 1 aromatic heterocycles. The first kappa shape index (κ1) is 53.2. The predicted molar refractivity (Wildman–Crippen MR) is 293 cm³/mol. The molecule has 2 unspecified atom stereocenters. The van der Waals surface area contributed by atoms with E-state index in [9.17, 15) is 23.6 Å². The summed E-state index contributed by atoms with van der Waals surface area (Å²) in [6.07, 6.45) is 5.07. The molecule has 4 fully saturated rings. The molecule has 3 aromatic carbocycles. The highest BCUT2D eigenvalue weighted by atomic mass is 19.3. The van der Waals surface area contributed by atoms with E-state index in [0.717, 1.165) is 87.6 Å². The number of amides is 2. The molecule has 1 N–H and O–H groups in total. The van der Waals surface area contributed by atoms with Crippen LogP contribution in [0, 0.1) is 44.8 Å². The van der Waals surface area contributed by atoms with E-state index in [1.54, 1.807) is 62.4 Å². The molecule has 0 radical (unpaired) electrons. The van der Waals surface area contributed by atoms with E-state index in [4.69, 9.17) is 14.6 Å². The molecule has 4 aromatic rings. The maximum absolute atomic E-state index is 14.9. The van der Waals surface area contributed by atoms with Gasteiger partial charge in [-0.05, 0) is 109 Å². The molecule has 0 spiro atoms. The molecule has 76 heavy (non-hydrogen) atoms. The van der Waals surface area contributed by atoms with Crippen molar-refractivity contribution in [2.45, 2.75) is 125 Å². The fraction of sp³-hybridized carbons (Fsp3) is 0.583. The first-order valence-corrected chi connectivity index (χ1v) is 27.5. The van der Waals surface area contributed by atoms with Gasteiger partial charge in [-0.25, -0.2) is 8.78 Å². The van der Waals surface area contributed by atoms with Crippen molar-refractivity contribution >= 4 is 29.0 Å². The normalized spacial score (nSPS) is 25.0. The highest BCUT2D eigenvalue weighted by molar-refractivity contribution is 6.02. The molecule has 16 heteroatoms. The zero-order valence-electron chi connectivity index (χ0n) is 46.5. The van der Waals surface area contributed by atoms with Crippen LogP contribution >= 0.6 is 0 Å².